The predicted molar refractivity (Wildman–Crippen MR) is 87.1 cm³/mol. The number of morpholine rings is 1. The molecule has 126 valence electrons. The Kier molecular flexibility index (Phi) is 5.59. The second-order valence-electron chi connectivity index (χ2n) is 6.10. The van der Waals surface area contributed by atoms with Crippen molar-refractivity contribution in [2.75, 3.05) is 38.2 Å². The first-order valence-corrected chi connectivity index (χ1v) is 8.44. The van der Waals surface area contributed by atoms with Gasteiger partial charge in [-0.1, -0.05) is 13.0 Å². The average molecular weight is 319 g/mol. The summed E-state index contributed by atoms with van der Waals surface area (Å²) in [6, 6.07) is 5.79. The number of rotatable bonds is 5. The number of nitrogens with zero attached hydrogens (tertiary/aromatic N) is 2. The van der Waals surface area contributed by atoms with Gasteiger partial charge in [-0.05, 0) is 25.0 Å². The van der Waals surface area contributed by atoms with Gasteiger partial charge in [0.15, 0.2) is 0 Å². The van der Waals surface area contributed by atoms with Gasteiger partial charge >= 0.3 is 0 Å². The largest absolute Gasteiger partial charge is 0.379 e. The van der Waals surface area contributed by atoms with Gasteiger partial charge < -0.3 is 14.8 Å². The highest BCUT2D eigenvalue weighted by atomic mass is 16.5. The molecule has 0 saturated carbocycles. The molecule has 2 aliphatic rings. The Labute approximate surface area is 137 Å². The van der Waals surface area contributed by atoms with Crippen molar-refractivity contribution in [1.82, 2.24) is 9.88 Å². The molecule has 2 fully saturated rings. The van der Waals surface area contributed by atoms with Crippen molar-refractivity contribution >= 4 is 11.7 Å². The van der Waals surface area contributed by atoms with Gasteiger partial charge in [-0.3, -0.25) is 9.69 Å². The van der Waals surface area contributed by atoms with Crippen LogP contribution in [0, 0.1) is 5.92 Å². The molecule has 2 saturated heterocycles. The molecule has 6 nitrogen and oxygen atoms in total. The van der Waals surface area contributed by atoms with Crippen molar-refractivity contribution in [2.45, 2.75) is 32.4 Å². The Bertz CT molecular complexity index is 532. The number of pyridine rings is 1. The maximum absolute atomic E-state index is 12.4. The summed E-state index contributed by atoms with van der Waals surface area (Å²) >= 11 is 0. The molecule has 2 aliphatic heterocycles. The molecule has 1 aromatic heterocycles. The van der Waals surface area contributed by atoms with Gasteiger partial charge in [0.05, 0.1) is 30.9 Å². The second kappa shape index (κ2) is 7.86. The van der Waals surface area contributed by atoms with Crippen LogP contribution in [0.1, 0.15) is 25.5 Å². The van der Waals surface area contributed by atoms with E-state index in [9.17, 15) is 4.79 Å². The number of hydrogen-bond acceptors (Lipinski definition) is 5. The molecule has 3 rings (SSSR count). The van der Waals surface area contributed by atoms with E-state index in [2.05, 4.69) is 22.1 Å². The van der Waals surface area contributed by atoms with E-state index in [0.29, 0.717) is 12.4 Å². The van der Waals surface area contributed by atoms with Gasteiger partial charge in [0.1, 0.15) is 5.82 Å². The van der Waals surface area contributed by atoms with E-state index in [1.807, 2.05) is 18.2 Å². The molecule has 0 radical (unpaired) electrons. The van der Waals surface area contributed by atoms with Gasteiger partial charge in [0, 0.05) is 26.2 Å². The molecule has 0 bridgehead atoms. The van der Waals surface area contributed by atoms with Crippen LogP contribution in [0.5, 0.6) is 0 Å². The molecular weight excluding hydrogens is 294 g/mol. The van der Waals surface area contributed by atoms with Crippen LogP contribution >= 0.6 is 0 Å². The van der Waals surface area contributed by atoms with Gasteiger partial charge in [-0.15, -0.1) is 0 Å². The van der Waals surface area contributed by atoms with Crippen molar-refractivity contribution < 1.29 is 14.3 Å². The minimum absolute atomic E-state index is 0.0189. The Hall–Kier alpha value is -1.50. The summed E-state index contributed by atoms with van der Waals surface area (Å²) in [5.74, 6) is 0.581. The molecule has 6 heteroatoms. The third-order valence-corrected chi connectivity index (χ3v) is 4.50. The van der Waals surface area contributed by atoms with E-state index in [4.69, 9.17) is 9.47 Å². The lowest BCUT2D eigenvalue weighted by Gasteiger charge is -2.26. The summed E-state index contributed by atoms with van der Waals surface area (Å²) in [4.78, 5) is 19.3. The summed E-state index contributed by atoms with van der Waals surface area (Å²) in [6.07, 6.45) is 1.69. The zero-order valence-electron chi connectivity index (χ0n) is 13.7. The lowest BCUT2D eigenvalue weighted by atomic mass is 9.99. The highest BCUT2D eigenvalue weighted by molar-refractivity contribution is 5.92. The quantitative estimate of drug-likeness (QED) is 0.894. The van der Waals surface area contributed by atoms with E-state index in [-0.39, 0.29) is 17.9 Å². The fraction of sp³-hybridized carbons (Fsp3) is 0.647. The zero-order valence-corrected chi connectivity index (χ0v) is 13.7. The van der Waals surface area contributed by atoms with Crippen molar-refractivity contribution in [3.05, 3.63) is 23.9 Å². The smallest absolute Gasteiger partial charge is 0.231 e. The van der Waals surface area contributed by atoms with Crippen LogP contribution in [0.25, 0.3) is 0 Å². The SMILES string of the molecule is CC[C@@H]1OCC[C@H]1C(=O)Nc1cccc(CN2CCOCC2)n1. The third-order valence-electron chi connectivity index (χ3n) is 4.50. The molecule has 3 heterocycles. The number of amides is 1. The molecule has 0 aromatic carbocycles. The number of carbonyl (C=O) groups excluding carboxylic acids is 1. The highest BCUT2D eigenvalue weighted by Gasteiger charge is 2.32. The van der Waals surface area contributed by atoms with E-state index in [0.717, 1.165) is 51.4 Å². The summed E-state index contributed by atoms with van der Waals surface area (Å²) in [5, 5.41) is 2.95. The lowest BCUT2D eigenvalue weighted by molar-refractivity contribution is -0.121. The standard InChI is InChI=1S/C17H25N3O3/c1-2-15-14(6-9-23-15)17(21)19-16-5-3-4-13(18-16)12-20-7-10-22-11-8-20/h3-5,14-15H,2,6-12H2,1H3,(H,18,19,21)/t14-,15+/m1/s1. The summed E-state index contributed by atoms with van der Waals surface area (Å²) in [6.45, 7) is 6.91. The number of anilines is 1. The second-order valence-corrected chi connectivity index (χ2v) is 6.10. The first kappa shape index (κ1) is 16.4. The monoisotopic (exact) mass is 319 g/mol. The number of hydrogen-bond donors (Lipinski definition) is 1. The number of carbonyl (C=O) groups is 1. The van der Waals surface area contributed by atoms with Gasteiger partial charge in [0.25, 0.3) is 0 Å². The molecule has 0 unspecified atom stereocenters. The van der Waals surface area contributed by atoms with Crippen molar-refractivity contribution in [3.63, 3.8) is 0 Å². The minimum atomic E-state index is -0.0651. The van der Waals surface area contributed by atoms with Crippen LogP contribution in [0.3, 0.4) is 0 Å². The first-order chi connectivity index (χ1) is 11.3. The predicted octanol–water partition coefficient (Wildman–Crippen LogP) is 1.67. The molecule has 1 N–H and O–H groups in total. The number of aromatic nitrogens is 1. The first-order valence-electron chi connectivity index (χ1n) is 8.44. The molecule has 23 heavy (non-hydrogen) atoms. The van der Waals surface area contributed by atoms with Crippen LogP contribution in [-0.4, -0.2) is 54.8 Å². The molecule has 1 aromatic rings. The van der Waals surface area contributed by atoms with Gasteiger partial charge in [-0.25, -0.2) is 4.98 Å². The summed E-state index contributed by atoms with van der Waals surface area (Å²) in [7, 11) is 0. The highest BCUT2D eigenvalue weighted by Crippen LogP contribution is 2.24. The summed E-state index contributed by atoms with van der Waals surface area (Å²) < 4.78 is 11.0. The van der Waals surface area contributed by atoms with Crippen LogP contribution in [-0.2, 0) is 20.8 Å². The molecule has 2 atom stereocenters. The zero-order chi connectivity index (χ0) is 16.1. The fourth-order valence-corrected chi connectivity index (χ4v) is 3.20. The van der Waals surface area contributed by atoms with Crippen molar-refractivity contribution in [2.24, 2.45) is 5.92 Å². The number of nitrogens with one attached hydrogen (secondary N) is 1. The molecular formula is C17H25N3O3. The Morgan fingerprint density at radius 2 is 2.17 bits per heavy atom. The van der Waals surface area contributed by atoms with Crippen LogP contribution in [0.15, 0.2) is 18.2 Å². The minimum Gasteiger partial charge on any atom is -0.379 e. The van der Waals surface area contributed by atoms with Crippen molar-refractivity contribution in [3.8, 4) is 0 Å². The maximum Gasteiger partial charge on any atom is 0.231 e. The van der Waals surface area contributed by atoms with E-state index >= 15 is 0 Å². The fourth-order valence-electron chi connectivity index (χ4n) is 3.20. The lowest BCUT2D eigenvalue weighted by Crippen LogP contribution is -2.36. The van der Waals surface area contributed by atoms with Crippen LogP contribution in [0.2, 0.25) is 0 Å². The Morgan fingerprint density at radius 3 is 2.96 bits per heavy atom. The van der Waals surface area contributed by atoms with Crippen molar-refractivity contribution in [1.29, 1.82) is 0 Å². The normalized spacial score (nSPS) is 25.4. The third kappa shape index (κ3) is 4.28. The molecule has 0 spiro atoms. The molecule has 1 amide bonds. The topological polar surface area (TPSA) is 63.7 Å². The average Bonchev–Trinajstić information content (AvgIpc) is 3.05. The van der Waals surface area contributed by atoms with E-state index in [1.165, 1.54) is 0 Å². The Balaban J connectivity index is 1.59. The Morgan fingerprint density at radius 1 is 1.35 bits per heavy atom. The summed E-state index contributed by atoms with van der Waals surface area (Å²) in [5.41, 5.74) is 0.972. The van der Waals surface area contributed by atoms with Crippen LogP contribution in [0.4, 0.5) is 5.82 Å². The van der Waals surface area contributed by atoms with Crippen LogP contribution < -0.4 is 5.32 Å². The van der Waals surface area contributed by atoms with E-state index in [1.54, 1.807) is 0 Å². The molecule has 0 aliphatic carbocycles. The van der Waals surface area contributed by atoms with Gasteiger partial charge in [-0.2, -0.15) is 0 Å². The van der Waals surface area contributed by atoms with E-state index < -0.39 is 0 Å². The maximum atomic E-state index is 12.4. The van der Waals surface area contributed by atoms with Gasteiger partial charge in [0.2, 0.25) is 5.91 Å². The number of ether oxygens (including phenoxy) is 2.